The fourth-order valence-corrected chi connectivity index (χ4v) is 6.76. The van der Waals surface area contributed by atoms with Gasteiger partial charge in [-0.25, -0.2) is 28.8 Å². The smallest absolute Gasteiger partial charge is 0.351 e. The van der Waals surface area contributed by atoms with Gasteiger partial charge in [0, 0.05) is 61.2 Å². The molecule has 1 aromatic carbocycles. The Kier molecular flexibility index (Phi) is 12.0. The van der Waals surface area contributed by atoms with E-state index in [0.717, 1.165) is 35.3 Å². The van der Waals surface area contributed by atoms with E-state index in [1.165, 1.54) is 41.5 Å². The normalized spacial score (nSPS) is 19.1. The largest absolute Gasteiger partial charge is 0.419 e. The van der Waals surface area contributed by atoms with E-state index in [2.05, 4.69) is 16.0 Å². The number of hydrogen-bond donors (Lipinski definition) is 3. The zero-order valence-corrected chi connectivity index (χ0v) is 31.9. The molecular formula is C33H39N3O12S3. The second-order valence-electron chi connectivity index (χ2n) is 12.5. The van der Waals surface area contributed by atoms with Crippen molar-refractivity contribution in [3.8, 4) is 0 Å². The topological polar surface area (TPSA) is 194 Å². The molecule has 18 heteroatoms. The maximum atomic E-state index is 12.7. The van der Waals surface area contributed by atoms with Gasteiger partial charge in [0.1, 0.15) is 0 Å². The summed E-state index contributed by atoms with van der Waals surface area (Å²) in [5.41, 5.74) is 1.30. The van der Waals surface area contributed by atoms with Gasteiger partial charge in [0.25, 0.3) is 17.4 Å². The Hall–Kier alpha value is -4.29. The van der Waals surface area contributed by atoms with Crippen molar-refractivity contribution in [2.24, 2.45) is 0 Å². The van der Waals surface area contributed by atoms with Crippen LogP contribution in [0.5, 0.6) is 0 Å². The second kappa shape index (κ2) is 15.5. The Morgan fingerprint density at radius 3 is 0.824 bits per heavy atom. The fourth-order valence-electron chi connectivity index (χ4n) is 4.99. The highest BCUT2D eigenvalue weighted by molar-refractivity contribution is 8.02. The van der Waals surface area contributed by atoms with Crippen LogP contribution in [0.2, 0.25) is 0 Å². The van der Waals surface area contributed by atoms with Crippen molar-refractivity contribution in [3.05, 3.63) is 66.7 Å². The Labute approximate surface area is 307 Å². The molecule has 0 unspecified atom stereocenters. The average Bonchev–Trinajstić information content (AvgIpc) is 2.99. The SMILES string of the molecule is CSC(NCc1cc(CNC(SC)=C2C(=O)OC(C)(C)OC2=O)cc(CNC(SC)=C2C(=O)OC(C)(C)OC2=O)c1)=C1C(=O)OC(C)(C)OC1=O. The first-order valence-corrected chi connectivity index (χ1v) is 19.0. The Balaban J connectivity index is 1.65. The van der Waals surface area contributed by atoms with Gasteiger partial charge in [-0.15, -0.1) is 35.3 Å². The molecule has 3 N–H and O–H groups in total. The highest BCUT2D eigenvalue weighted by Crippen LogP contribution is 2.30. The number of carbonyl (C=O) groups is 6. The molecule has 3 saturated heterocycles. The van der Waals surface area contributed by atoms with Crippen molar-refractivity contribution in [2.75, 3.05) is 18.8 Å². The van der Waals surface area contributed by atoms with E-state index in [-0.39, 0.29) is 51.4 Å². The minimum absolute atomic E-state index is 0.138. The molecule has 15 nitrogen and oxygen atoms in total. The summed E-state index contributed by atoms with van der Waals surface area (Å²) in [6.07, 6.45) is 5.06. The summed E-state index contributed by atoms with van der Waals surface area (Å²) in [4.78, 5) is 76.3. The number of benzene rings is 1. The van der Waals surface area contributed by atoms with Crippen LogP contribution in [-0.2, 0) is 76.8 Å². The number of carbonyl (C=O) groups excluding carboxylic acids is 6. The lowest BCUT2D eigenvalue weighted by atomic mass is 10.0. The summed E-state index contributed by atoms with van der Waals surface area (Å²) in [5, 5.41) is 10.1. The summed E-state index contributed by atoms with van der Waals surface area (Å²) >= 11 is 3.38. The van der Waals surface area contributed by atoms with Gasteiger partial charge in [0.15, 0.2) is 16.7 Å². The highest BCUT2D eigenvalue weighted by Gasteiger charge is 2.43. The third-order valence-corrected chi connectivity index (χ3v) is 9.29. The van der Waals surface area contributed by atoms with Crippen LogP contribution in [0.4, 0.5) is 0 Å². The monoisotopic (exact) mass is 765 g/mol. The standard InChI is InChI=1S/C33H39N3O12S3/c1-31(2)43-25(37)19(26(38)44-31)22(49-7)34-13-16-10-17(14-35-23(50-8)20-27(39)45-32(3,4)46-28(20)40)12-18(11-16)15-36-24(51-9)21-29(41)47-33(5,6)48-30(21)42/h10-12,34-36H,13-15H2,1-9H3. The number of thioether (sulfide) groups is 3. The molecule has 3 heterocycles. The van der Waals surface area contributed by atoms with Crippen LogP contribution in [0.15, 0.2) is 50.0 Å². The van der Waals surface area contributed by atoms with Crippen LogP contribution >= 0.6 is 35.3 Å². The van der Waals surface area contributed by atoms with E-state index in [1.807, 2.05) is 18.2 Å². The molecule has 0 aliphatic carbocycles. The lowest BCUT2D eigenvalue weighted by Crippen LogP contribution is -2.43. The van der Waals surface area contributed by atoms with Gasteiger partial charge in [-0.1, -0.05) is 18.2 Å². The number of cyclic esters (lactones) is 6. The van der Waals surface area contributed by atoms with Crippen LogP contribution in [-0.4, -0.2) is 71.9 Å². The lowest BCUT2D eigenvalue weighted by Gasteiger charge is -2.30. The van der Waals surface area contributed by atoms with E-state index >= 15 is 0 Å². The highest BCUT2D eigenvalue weighted by atomic mass is 32.2. The molecule has 3 aliphatic heterocycles. The zero-order chi connectivity index (χ0) is 37.9. The van der Waals surface area contributed by atoms with Crippen molar-refractivity contribution in [1.82, 2.24) is 16.0 Å². The second-order valence-corrected chi connectivity index (χ2v) is 14.9. The number of rotatable bonds is 12. The van der Waals surface area contributed by atoms with E-state index < -0.39 is 53.2 Å². The van der Waals surface area contributed by atoms with Crippen molar-refractivity contribution in [1.29, 1.82) is 0 Å². The van der Waals surface area contributed by atoms with Gasteiger partial charge in [0.05, 0.1) is 15.1 Å². The molecule has 0 aromatic heterocycles. The first-order chi connectivity index (χ1) is 23.8. The number of hydrogen-bond acceptors (Lipinski definition) is 18. The first kappa shape index (κ1) is 39.5. The summed E-state index contributed by atoms with van der Waals surface area (Å²) in [7, 11) is 0. The number of esters is 6. The molecule has 0 saturated carbocycles. The van der Waals surface area contributed by atoms with E-state index in [9.17, 15) is 28.8 Å². The van der Waals surface area contributed by atoms with E-state index in [1.54, 1.807) is 18.8 Å². The summed E-state index contributed by atoms with van der Waals surface area (Å²) < 4.78 is 31.6. The zero-order valence-electron chi connectivity index (χ0n) is 29.5. The molecular weight excluding hydrogens is 727 g/mol. The predicted molar refractivity (Wildman–Crippen MR) is 187 cm³/mol. The van der Waals surface area contributed by atoms with E-state index in [4.69, 9.17) is 28.4 Å². The Bertz CT molecular complexity index is 1490. The lowest BCUT2D eigenvalue weighted by molar-refractivity contribution is -0.224. The van der Waals surface area contributed by atoms with Gasteiger partial charge in [-0.3, -0.25) is 0 Å². The Morgan fingerprint density at radius 2 is 0.647 bits per heavy atom. The summed E-state index contributed by atoms with van der Waals surface area (Å²) in [6, 6.07) is 5.51. The maximum absolute atomic E-state index is 12.7. The fraction of sp³-hybridized carbons (Fsp3) is 0.455. The van der Waals surface area contributed by atoms with Crippen molar-refractivity contribution in [2.45, 2.75) is 78.5 Å². The van der Waals surface area contributed by atoms with Gasteiger partial charge >= 0.3 is 35.8 Å². The molecule has 51 heavy (non-hydrogen) atoms. The van der Waals surface area contributed by atoms with Gasteiger partial charge in [-0.05, 0) is 35.5 Å². The van der Waals surface area contributed by atoms with Gasteiger partial charge in [-0.2, -0.15) is 0 Å². The molecule has 0 amide bonds. The molecule has 4 rings (SSSR count). The molecule has 3 fully saturated rings. The predicted octanol–water partition coefficient (Wildman–Crippen LogP) is 3.19. The summed E-state index contributed by atoms with van der Waals surface area (Å²) in [5.74, 6) is -9.13. The Morgan fingerprint density at radius 1 is 0.451 bits per heavy atom. The third kappa shape index (κ3) is 9.74. The first-order valence-electron chi connectivity index (χ1n) is 15.4. The molecule has 1 aromatic rings. The average molecular weight is 766 g/mol. The maximum Gasteiger partial charge on any atom is 0.351 e. The molecule has 0 spiro atoms. The van der Waals surface area contributed by atoms with Gasteiger partial charge in [0.2, 0.25) is 0 Å². The van der Waals surface area contributed by atoms with Gasteiger partial charge < -0.3 is 44.4 Å². The minimum atomic E-state index is -1.40. The van der Waals surface area contributed by atoms with Crippen molar-refractivity contribution < 1.29 is 57.2 Å². The van der Waals surface area contributed by atoms with Crippen molar-refractivity contribution in [3.63, 3.8) is 0 Å². The number of nitrogens with one attached hydrogen (secondary N) is 3. The third-order valence-electron chi connectivity index (χ3n) is 7.02. The van der Waals surface area contributed by atoms with Crippen LogP contribution in [0.3, 0.4) is 0 Å². The summed E-state index contributed by atoms with van der Waals surface area (Å²) in [6.45, 7) is 9.16. The van der Waals surface area contributed by atoms with Crippen LogP contribution in [0.25, 0.3) is 0 Å². The quantitative estimate of drug-likeness (QED) is 0.121. The molecule has 3 aliphatic rings. The molecule has 0 bridgehead atoms. The molecule has 0 atom stereocenters. The van der Waals surface area contributed by atoms with Crippen LogP contribution in [0, 0.1) is 0 Å². The van der Waals surface area contributed by atoms with E-state index in [0.29, 0.717) is 16.7 Å². The number of ether oxygens (including phenoxy) is 6. The molecule has 0 radical (unpaired) electrons. The minimum Gasteiger partial charge on any atom is -0.419 e. The van der Waals surface area contributed by atoms with Crippen LogP contribution < -0.4 is 16.0 Å². The van der Waals surface area contributed by atoms with Crippen LogP contribution in [0.1, 0.15) is 58.2 Å². The van der Waals surface area contributed by atoms with Crippen molar-refractivity contribution >= 4 is 71.1 Å². The molecule has 276 valence electrons.